The van der Waals surface area contributed by atoms with E-state index in [-0.39, 0.29) is 40.9 Å². The maximum Gasteiger partial charge on any atom is 0.244 e. The standard InChI is InChI=1S/C23H26Cl2N2O4S/c1-31-19-7-4-16(5-8-19)22(15-2-3-15)26-23(28)17-10-12-27(13-11-17)32(29,30)21-14-18(24)6-9-20(21)25/h4-9,14-15,17,22H,2-3,10-13H2,1H3,(H,26,28). The highest BCUT2D eigenvalue weighted by Crippen LogP contribution is 2.41. The molecule has 172 valence electrons. The van der Waals surface area contributed by atoms with E-state index in [0.29, 0.717) is 23.8 Å². The minimum absolute atomic E-state index is 0.00266. The van der Waals surface area contributed by atoms with E-state index in [0.717, 1.165) is 24.2 Å². The number of nitrogens with zero attached hydrogens (tertiary/aromatic N) is 1. The second kappa shape index (κ2) is 9.59. The molecule has 1 saturated carbocycles. The molecule has 0 bridgehead atoms. The Morgan fingerprint density at radius 3 is 2.31 bits per heavy atom. The Hall–Kier alpha value is -1.80. The number of methoxy groups -OCH3 is 1. The number of hydrogen-bond acceptors (Lipinski definition) is 4. The lowest BCUT2D eigenvalue weighted by molar-refractivity contribution is -0.127. The van der Waals surface area contributed by atoms with Crippen LogP contribution < -0.4 is 10.1 Å². The van der Waals surface area contributed by atoms with E-state index in [1.807, 2.05) is 24.3 Å². The first-order chi connectivity index (χ1) is 15.3. The third-order valence-electron chi connectivity index (χ3n) is 6.20. The van der Waals surface area contributed by atoms with Crippen molar-refractivity contribution in [2.24, 2.45) is 11.8 Å². The smallest absolute Gasteiger partial charge is 0.244 e. The van der Waals surface area contributed by atoms with Gasteiger partial charge in [0.2, 0.25) is 15.9 Å². The van der Waals surface area contributed by atoms with Crippen molar-refractivity contribution in [3.05, 3.63) is 58.1 Å². The number of carbonyl (C=O) groups is 1. The van der Waals surface area contributed by atoms with Gasteiger partial charge in [0, 0.05) is 24.0 Å². The molecular weight excluding hydrogens is 471 g/mol. The number of rotatable bonds is 7. The fourth-order valence-electron chi connectivity index (χ4n) is 4.16. The van der Waals surface area contributed by atoms with E-state index in [1.165, 1.54) is 16.4 Å². The van der Waals surface area contributed by atoms with E-state index in [4.69, 9.17) is 27.9 Å². The summed E-state index contributed by atoms with van der Waals surface area (Å²) in [4.78, 5) is 13.0. The van der Waals surface area contributed by atoms with E-state index in [9.17, 15) is 13.2 Å². The van der Waals surface area contributed by atoms with Gasteiger partial charge < -0.3 is 10.1 Å². The van der Waals surface area contributed by atoms with Gasteiger partial charge in [-0.25, -0.2) is 8.42 Å². The largest absolute Gasteiger partial charge is 0.497 e. The first kappa shape index (κ1) is 23.4. The average molecular weight is 497 g/mol. The van der Waals surface area contributed by atoms with Gasteiger partial charge in [0.25, 0.3) is 0 Å². The van der Waals surface area contributed by atoms with Crippen LogP contribution >= 0.6 is 23.2 Å². The maximum absolute atomic E-state index is 13.0. The lowest BCUT2D eigenvalue weighted by Gasteiger charge is -2.32. The number of benzene rings is 2. The zero-order valence-electron chi connectivity index (χ0n) is 17.8. The summed E-state index contributed by atoms with van der Waals surface area (Å²) in [5, 5.41) is 3.67. The van der Waals surface area contributed by atoms with Gasteiger partial charge in [-0.2, -0.15) is 4.31 Å². The van der Waals surface area contributed by atoms with Crippen LogP contribution in [0.3, 0.4) is 0 Å². The SMILES string of the molecule is COc1ccc(C(NC(=O)C2CCN(S(=O)(=O)c3cc(Cl)ccc3Cl)CC2)C2CC2)cc1. The zero-order chi connectivity index (χ0) is 22.9. The van der Waals surface area contributed by atoms with Crippen molar-refractivity contribution in [2.45, 2.75) is 36.6 Å². The minimum atomic E-state index is -3.77. The van der Waals surface area contributed by atoms with E-state index in [2.05, 4.69) is 5.32 Å². The molecule has 32 heavy (non-hydrogen) atoms. The second-order valence-electron chi connectivity index (χ2n) is 8.35. The Balaban J connectivity index is 1.40. The number of halogens is 2. The van der Waals surface area contributed by atoms with Crippen molar-refractivity contribution in [3.8, 4) is 5.75 Å². The number of amides is 1. The Bertz CT molecular complexity index is 1080. The van der Waals surface area contributed by atoms with Crippen molar-refractivity contribution in [3.63, 3.8) is 0 Å². The molecule has 2 fully saturated rings. The quantitative estimate of drug-likeness (QED) is 0.604. The highest BCUT2D eigenvalue weighted by Gasteiger charge is 2.37. The predicted octanol–water partition coefficient (Wildman–Crippen LogP) is 4.67. The van der Waals surface area contributed by atoms with E-state index < -0.39 is 10.0 Å². The van der Waals surface area contributed by atoms with Crippen molar-refractivity contribution in [1.29, 1.82) is 0 Å². The number of nitrogens with one attached hydrogen (secondary N) is 1. The van der Waals surface area contributed by atoms with Gasteiger partial charge in [0.1, 0.15) is 10.6 Å². The van der Waals surface area contributed by atoms with Gasteiger partial charge in [0.05, 0.1) is 18.2 Å². The predicted molar refractivity (Wildman–Crippen MR) is 125 cm³/mol. The maximum atomic E-state index is 13.0. The zero-order valence-corrected chi connectivity index (χ0v) is 20.1. The molecule has 1 atom stereocenters. The molecule has 4 rings (SSSR count). The normalized spacial score (nSPS) is 18.8. The number of sulfonamides is 1. The summed E-state index contributed by atoms with van der Waals surface area (Å²) in [5.41, 5.74) is 1.07. The van der Waals surface area contributed by atoms with Crippen LogP contribution in [0.2, 0.25) is 10.0 Å². The number of ether oxygens (including phenoxy) is 1. The molecule has 2 aliphatic rings. The van der Waals surface area contributed by atoms with E-state index in [1.54, 1.807) is 13.2 Å². The van der Waals surface area contributed by atoms with Crippen LogP contribution in [0.1, 0.15) is 37.3 Å². The number of piperidine rings is 1. The van der Waals surface area contributed by atoms with Gasteiger partial charge in [-0.1, -0.05) is 35.3 Å². The van der Waals surface area contributed by atoms with Gasteiger partial charge in [0.15, 0.2) is 0 Å². The highest BCUT2D eigenvalue weighted by molar-refractivity contribution is 7.89. The Morgan fingerprint density at radius 2 is 1.72 bits per heavy atom. The molecule has 9 heteroatoms. The van der Waals surface area contributed by atoms with Crippen molar-refractivity contribution in [1.82, 2.24) is 9.62 Å². The first-order valence-electron chi connectivity index (χ1n) is 10.7. The Kier molecular flexibility index (Phi) is 7.00. The van der Waals surface area contributed by atoms with Crippen molar-refractivity contribution < 1.29 is 17.9 Å². The van der Waals surface area contributed by atoms with Gasteiger partial charge in [-0.3, -0.25) is 4.79 Å². The summed E-state index contributed by atoms with van der Waals surface area (Å²) in [6.07, 6.45) is 3.11. The van der Waals surface area contributed by atoms with Gasteiger partial charge in [-0.15, -0.1) is 0 Å². The molecule has 2 aromatic rings. The topological polar surface area (TPSA) is 75.7 Å². The van der Waals surface area contributed by atoms with Crippen LogP contribution in [-0.2, 0) is 14.8 Å². The minimum Gasteiger partial charge on any atom is -0.497 e. The lowest BCUT2D eigenvalue weighted by Crippen LogP contribution is -2.44. The molecule has 0 aromatic heterocycles. The molecule has 6 nitrogen and oxygen atoms in total. The molecule has 0 radical (unpaired) electrons. The van der Waals surface area contributed by atoms with Crippen molar-refractivity contribution >= 4 is 39.1 Å². The highest BCUT2D eigenvalue weighted by atomic mass is 35.5. The summed E-state index contributed by atoms with van der Waals surface area (Å²) in [6.45, 7) is 0.528. The molecule has 1 amide bonds. The third kappa shape index (κ3) is 5.06. The summed E-state index contributed by atoms with van der Waals surface area (Å²) >= 11 is 12.1. The van der Waals surface area contributed by atoms with Gasteiger partial charge >= 0.3 is 0 Å². The molecule has 1 aliphatic heterocycles. The monoisotopic (exact) mass is 496 g/mol. The summed E-state index contributed by atoms with van der Waals surface area (Å²) in [6, 6.07) is 12.2. The first-order valence-corrected chi connectivity index (χ1v) is 12.9. The Morgan fingerprint density at radius 1 is 1.06 bits per heavy atom. The van der Waals surface area contributed by atoms with Crippen LogP contribution in [0, 0.1) is 11.8 Å². The molecule has 1 heterocycles. The van der Waals surface area contributed by atoms with Gasteiger partial charge in [-0.05, 0) is 67.5 Å². The summed E-state index contributed by atoms with van der Waals surface area (Å²) in [7, 11) is -2.14. The third-order valence-corrected chi connectivity index (χ3v) is 8.82. The molecular formula is C23H26Cl2N2O4S. The fourth-order valence-corrected chi connectivity index (χ4v) is 6.36. The molecule has 1 unspecified atom stereocenters. The Labute approximate surface area is 198 Å². The molecule has 0 spiro atoms. The van der Waals surface area contributed by atoms with E-state index >= 15 is 0 Å². The van der Waals surface area contributed by atoms with Crippen molar-refractivity contribution in [2.75, 3.05) is 20.2 Å². The van der Waals surface area contributed by atoms with Crippen LogP contribution in [0.5, 0.6) is 5.75 Å². The van der Waals surface area contributed by atoms with Crippen LogP contribution in [-0.4, -0.2) is 38.8 Å². The number of hydrogen-bond donors (Lipinski definition) is 1. The second-order valence-corrected chi connectivity index (χ2v) is 11.1. The lowest BCUT2D eigenvalue weighted by atomic mass is 9.95. The molecule has 1 N–H and O–H groups in total. The summed E-state index contributed by atoms with van der Waals surface area (Å²) in [5.74, 6) is 0.979. The fraction of sp³-hybridized carbons (Fsp3) is 0.435. The summed E-state index contributed by atoms with van der Waals surface area (Å²) < 4.78 is 32.7. The van der Waals surface area contributed by atoms with Crippen LogP contribution in [0.4, 0.5) is 0 Å². The van der Waals surface area contributed by atoms with Crippen LogP contribution in [0.15, 0.2) is 47.4 Å². The van der Waals surface area contributed by atoms with Crippen LogP contribution in [0.25, 0.3) is 0 Å². The molecule has 1 saturated heterocycles. The molecule has 1 aliphatic carbocycles. The average Bonchev–Trinajstić information content (AvgIpc) is 3.64. The molecule has 2 aromatic carbocycles. The number of carbonyl (C=O) groups excluding carboxylic acids is 1.